The smallest absolute Gasteiger partial charge is 0.238 e. The Morgan fingerprint density at radius 3 is 2.31 bits per heavy atom. The van der Waals surface area contributed by atoms with Gasteiger partial charge in [-0.2, -0.15) is 0 Å². The first-order chi connectivity index (χ1) is 16.6. The Kier molecular flexibility index (Phi) is 7.65. The third-order valence-corrected chi connectivity index (χ3v) is 7.63. The lowest BCUT2D eigenvalue weighted by Crippen LogP contribution is -2.48. The third kappa shape index (κ3) is 6.32. The summed E-state index contributed by atoms with van der Waals surface area (Å²) in [7, 11) is -3.84. The normalized spacial score (nSPS) is 15.1. The molecule has 1 saturated heterocycles. The first kappa shape index (κ1) is 25.4. The molecule has 1 fully saturated rings. The van der Waals surface area contributed by atoms with Gasteiger partial charge in [0.25, 0.3) is 0 Å². The number of benzene rings is 2. The van der Waals surface area contributed by atoms with Gasteiger partial charge in [-0.15, -0.1) is 11.3 Å². The quantitative estimate of drug-likeness (QED) is 0.455. The Morgan fingerprint density at radius 2 is 1.71 bits per heavy atom. The molecule has 3 aromatic rings. The van der Waals surface area contributed by atoms with Crippen molar-refractivity contribution in [3.8, 4) is 17.0 Å². The molecule has 10 heteroatoms. The molecule has 0 bridgehead atoms. The average molecular weight is 516 g/mol. The second-order valence-electron chi connectivity index (χ2n) is 9.20. The highest BCUT2D eigenvalue weighted by atomic mass is 32.2. The van der Waals surface area contributed by atoms with Gasteiger partial charge < -0.3 is 15.0 Å². The van der Waals surface area contributed by atoms with Crippen molar-refractivity contribution < 1.29 is 13.2 Å². The second kappa shape index (κ2) is 10.5. The average Bonchev–Trinajstić information content (AvgIpc) is 3.28. The molecule has 0 spiro atoms. The van der Waals surface area contributed by atoms with Gasteiger partial charge in [0.2, 0.25) is 10.0 Å². The van der Waals surface area contributed by atoms with E-state index >= 15 is 0 Å². The number of nitrogens with one attached hydrogen (secondary N) is 1. The highest BCUT2D eigenvalue weighted by Crippen LogP contribution is 2.34. The van der Waals surface area contributed by atoms with E-state index in [4.69, 9.17) is 14.9 Å². The minimum absolute atomic E-state index is 0.0118. The number of aromatic nitrogens is 1. The lowest BCUT2D eigenvalue weighted by molar-refractivity contribution is 0.209. The number of sulfonamides is 1. The number of rotatable bonds is 8. The van der Waals surface area contributed by atoms with Crippen LogP contribution in [0.15, 0.2) is 52.7 Å². The molecule has 2 aromatic carbocycles. The molecule has 0 aliphatic carbocycles. The molecule has 3 N–H and O–H groups in total. The van der Waals surface area contributed by atoms with Gasteiger partial charge in [0.15, 0.2) is 5.13 Å². The molecular formula is C25H33N5O3S2. The highest BCUT2D eigenvalue weighted by molar-refractivity contribution is 7.89. The van der Waals surface area contributed by atoms with Crippen molar-refractivity contribution in [3.05, 3.63) is 47.8 Å². The molecule has 188 valence electrons. The van der Waals surface area contributed by atoms with Crippen LogP contribution in [-0.4, -0.2) is 56.6 Å². The molecule has 0 atom stereocenters. The van der Waals surface area contributed by atoms with Crippen LogP contribution in [-0.2, 0) is 10.0 Å². The van der Waals surface area contributed by atoms with E-state index in [1.807, 2.05) is 19.2 Å². The molecule has 35 heavy (non-hydrogen) atoms. The van der Waals surface area contributed by atoms with Gasteiger partial charge in [-0.1, -0.05) is 12.1 Å². The largest absolute Gasteiger partial charge is 0.489 e. The predicted octanol–water partition coefficient (Wildman–Crippen LogP) is 4.52. The van der Waals surface area contributed by atoms with Crippen LogP contribution in [0.25, 0.3) is 11.3 Å². The van der Waals surface area contributed by atoms with E-state index in [0.717, 1.165) is 37.4 Å². The van der Waals surface area contributed by atoms with Crippen molar-refractivity contribution in [2.75, 3.05) is 36.4 Å². The maximum atomic E-state index is 11.8. The molecule has 0 amide bonds. The Bertz CT molecular complexity index is 1250. The first-order valence-corrected chi connectivity index (χ1v) is 14.2. The number of hydrogen-bond acceptors (Lipinski definition) is 8. The SMILES string of the molecule is CC(C)Oc1ccc(S(N)(=O)=O)cc1Nc1nc(-c2ccc(N3CCN(C(C)C)CC3)cc2)cs1. The summed E-state index contributed by atoms with van der Waals surface area (Å²) in [6.07, 6.45) is -0.0744. The van der Waals surface area contributed by atoms with Crippen molar-refractivity contribution >= 4 is 37.9 Å². The maximum Gasteiger partial charge on any atom is 0.238 e. The van der Waals surface area contributed by atoms with Crippen LogP contribution in [0.4, 0.5) is 16.5 Å². The molecule has 4 rings (SSSR count). The molecule has 1 aliphatic rings. The van der Waals surface area contributed by atoms with E-state index in [1.165, 1.54) is 29.2 Å². The van der Waals surface area contributed by atoms with Gasteiger partial charge in [0.1, 0.15) is 5.75 Å². The van der Waals surface area contributed by atoms with Crippen molar-refractivity contribution in [1.29, 1.82) is 0 Å². The minimum atomic E-state index is -3.84. The van der Waals surface area contributed by atoms with Gasteiger partial charge in [-0.05, 0) is 58.0 Å². The highest BCUT2D eigenvalue weighted by Gasteiger charge is 2.19. The van der Waals surface area contributed by atoms with Gasteiger partial charge in [0, 0.05) is 48.9 Å². The first-order valence-electron chi connectivity index (χ1n) is 11.8. The van der Waals surface area contributed by atoms with Gasteiger partial charge in [0.05, 0.1) is 22.4 Å². The van der Waals surface area contributed by atoms with E-state index in [0.29, 0.717) is 22.6 Å². The summed E-state index contributed by atoms with van der Waals surface area (Å²) >= 11 is 1.44. The van der Waals surface area contributed by atoms with E-state index in [-0.39, 0.29) is 11.0 Å². The van der Waals surface area contributed by atoms with Crippen LogP contribution in [0.2, 0.25) is 0 Å². The predicted molar refractivity (Wildman–Crippen MR) is 143 cm³/mol. The van der Waals surface area contributed by atoms with Gasteiger partial charge in [-0.3, -0.25) is 4.90 Å². The summed E-state index contributed by atoms with van der Waals surface area (Å²) in [5, 5.41) is 11.1. The topological polar surface area (TPSA) is 101 Å². The molecule has 0 saturated carbocycles. The molecule has 8 nitrogen and oxygen atoms in total. The van der Waals surface area contributed by atoms with Gasteiger partial charge in [-0.25, -0.2) is 18.5 Å². The van der Waals surface area contributed by atoms with Crippen LogP contribution < -0.4 is 20.1 Å². The number of hydrogen-bond donors (Lipinski definition) is 2. The van der Waals surface area contributed by atoms with E-state index in [2.05, 4.69) is 53.2 Å². The summed E-state index contributed by atoms with van der Waals surface area (Å²) in [4.78, 5) is 9.65. The second-order valence-corrected chi connectivity index (χ2v) is 11.6. The van der Waals surface area contributed by atoms with Crippen LogP contribution in [0.5, 0.6) is 5.75 Å². The van der Waals surface area contributed by atoms with Crippen LogP contribution in [0.3, 0.4) is 0 Å². The fraction of sp³-hybridized carbons (Fsp3) is 0.400. The lowest BCUT2D eigenvalue weighted by atomic mass is 10.1. The number of nitrogens with zero attached hydrogens (tertiary/aromatic N) is 3. The molecule has 1 aliphatic heterocycles. The lowest BCUT2D eigenvalue weighted by Gasteiger charge is -2.38. The molecular weight excluding hydrogens is 482 g/mol. The van der Waals surface area contributed by atoms with E-state index in [1.54, 1.807) is 6.07 Å². The summed E-state index contributed by atoms with van der Waals surface area (Å²) in [5.74, 6) is 0.533. The number of nitrogens with two attached hydrogens (primary N) is 1. The number of anilines is 3. The minimum Gasteiger partial charge on any atom is -0.489 e. The summed E-state index contributed by atoms with van der Waals surface area (Å²) in [6, 6.07) is 13.6. The Hall–Kier alpha value is -2.66. The van der Waals surface area contributed by atoms with Crippen molar-refractivity contribution in [1.82, 2.24) is 9.88 Å². The Balaban J connectivity index is 1.49. The van der Waals surface area contributed by atoms with E-state index < -0.39 is 10.0 Å². The maximum absolute atomic E-state index is 11.8. The zero-order chi connectivity index (χ0) is 25.2. The number of primary sulfonamides is 1. The van der Waals surface area contributed by atoms with Gasteiger partial charge >= 0.3 is 0 Å². The molecule has 1 aromatic heterocycles. The Labute approximate surface area is 211 Å². The van der Waals surface area contributed by atoms with E-state index in [9.17, 15) is 8.42 Å². The number of piperazine rings is 1. The van der Waals surface area contributed by atoms with Crippen LogP contribution in [0.1, 0.15) is 27.7 Å². The Morgan fingerprint density at radius 1 is 1.03 bits per heavy atom. The molecule has 0 unspecified atom stereocenters. The fourth-order valence-electron chi connectivity index (χ4n) is 4.06. The van der Waals surface area contributed by atoms with Crippen molar-refractivity contribution in [3.63, 3.8) is 0 Å². The molecule has 2 heterocycles. The summed E-state index contributed by atoms with van der Waals surface area (Å²) < 4.78 is 29.5. The zero-order valence-corrected chi connectivity index (χ0v) is 22.2. The molecule has 0 radical (unpaired) electrons. The third-order valence-electron chi connectivity index (χ3n) is 5.96. The summed E-state index contributed by atoms with van der Waals surface area (Å²) in [6.45, 7) is 12.5. The monoisotopic (exact) mass is 515 g/mol. The zero-order valence-electron chi connectivity index (χ0n) is 20.6. The van der Waals surface area contributed by atoms with Crippen molar-refractivity contribution in [2.24, 2.45) is 5.14 Å². The van der Waals surface area contributed by atoms with Crippen molar-refractivity contribution in [2.45, 2.75) is 44.7 Å². The summed E-state index contributed by atoms with van der Waals surface area (Å²) in [5.41, 5.74) is 3.60. The fourth-order valence-corrected chi connectivity index (χ4v) is 5.33. The number of ether oxygens (including phenoxy) is 1. The number of thiazole rings is 1. The van der Waals surface area contributed by atoms with Crippen LogP contribution in [0, 0.1) is 0 Å². The standard InChI is InChI=1S/C25H33N5O3S2/c1-17(2)29-11-13-30(14-12-29)20-7-5-19(6-8-20)23-16-34-25(28-23)27-22-15-21(35(26,31)32)9-10-24(22)33-18(3)4/h5-10,15-18H,11-14H2,1-4H3,(H,27,28)(H2,26,31,32). The van der Waals surface area contributed by atoms with Crippen LogP contribution >= 0.6 is 11.3 Å².